The molecule has 1 amide bonds. The highest BCUT2D eigenvalue weighted by molar-refractivity contribution is 7.51. The molecule has 2 aliphatic rings. The minimum Gasteiger partial charge on any atom is -0.481 e. The molecule has 0 atom stereocenters. The van der Waals surface area contributed by atoms with Crippen molar-refractivity contribution in [3.05, 3.63) is 47.6 Å². The van der Waals surface area contributed by atoms with Crippen LogP contribution in [0, 0.1) is 0 Å². The van der Waals surface area contributed by atoms with Gasteiger partial charge >= 0.3 is 21.2 Å². The molecule has 1 fully saturated rings. The molecule has 0 aliphatic carbocycles. The maximum Gasteiger partial charge on any atom is 0.362 e. The number of nitrogens with zero attached hydrogens (tertiary/aromatic N) is 2. The van der Waals surface area contributed by atoms with Gasteiger partial charge in [-0.05, 0) is 56.2 Å². The van der Waals surface area contributed by atoms with E-state index in [1.165, 1.54) is 6.07 Å². The highest BCUT2D eigenvalue weighted by Crippen LogP contribution is 2.39. The van der Waals surface area contributed by atoms with Crippen LogP contribution in [0.25, 0.3) is 0 Å². The van der Waals surface area contributed by atoms with Crippen LogP contribution in [0.2, 0.25) is 0 Å². The summed E-state index contributed by atoms with van der Waals surface area (Å²) in [7, 11) is -9.29. The molecule has 0 saturated carbocycles. The normalized spacial score (nSPS) is 19.7. The fraction of sp³-hybridized carbons (Fsp3) is 0.500. The number of likely N-dealkylation sites (tertiary alicyclic amines) is 1. The maximum atomic E-state index is 13.2. The number of rotatable bonds is 9. The Morgan fingerprint density at radius 1 is 0.929 bits per heavy atom. The molecule has 42 heavy (non-hydrogen) atoms. The molecular weight excluding hydrogens is 594 g/mol. The third kappa shape index (κ3) is 12.1. The average molecular weight is 631 g/mol. The summed E-state index contributed by atoms with van der Waals surface area (Å²) in [4.78, 5) is 70.1. The van der Waals surface area contributed by atoms with Crippen LogP contribution in [0.5, 0.6) is 11.5 Å². The monoisotopic (exact) mass is 630 g/mol. The number of amides is 1. The number of hydrogen-bond acceptors (Lipinski definition) is 9. The molecule has 14 nitrogen and oxygen atoms in total. The van der Waals surface area contributed by atoms with Gasteiger partial charge in [-0.1, -0.05) is 23.4 Å². The van der Waals surface area contributed by atoms with Gasteiger partial charge in [-0.25, -0.2) is 4.79 Å². The number of allylic oxidation sites excluding steroid dienone is 3. The van der Waals surface area contributed by atoms with Gasteiger partial charge in [0.05, 0.1) is 12.3 Å². The number of cyclic esters (lactones) is 1. The fourth-order valence-electron chi connectivity index (χ4n) is 4.19. The summed E-state index contributed by atoms with van der Waals surface area (Å²) in [5, 5.41) is 4.12. The van der Waals surface area contributed by atoms with Crippen LogP contribution >= 0.6 is 15.2 Å². The Labute approximate surface area is 243 Å². The van der Waals surface area contributed by atoms with E-state index in [-0.39, 0.29) is 53.9 Å². The molecule has 4 N–H and O–H groups in total. The highest BCUT2D eigenvalue weighted by Gasteiger charge is 2.26. The van der Waals surface area contributed by atoms with Gasteiger partial charge in [0, 0.05) is 25.6 Å². The summed E-state index contributed by atoms with van der Waals surface area (Å²) in [6.45, 7) is 1.02. The summed E-state index contributed by atoms with van der Waals surface area (Å²) >= 11 is 0. The third-order valence-electron chi connectivity index (χ3n) is 6.09. The van der Waals surface area contributed by atoms with Crippen LogP contribution in [-0.2, 0) is 29.9 Å². The molecule has 0 spiro atoms. The predicted molar refractivity (Wildman–Crippen MR) is 151 cm³/mol. The van der Waals surface area contributed by atoms with Crippen LogP contribution in [0.3, 0.4) is 0 Å². The second kappa shape index (κ2) is 16.0. The fourth-order valence-corrected chi connectivity index (χ4v) is 4.81. The van der Waals surface area contributed by atoms with Gasteiger partial charge in [0.2, 0.25) is 0 Å². The Morgan fingerprint density at radius 2 is 1.60 bits per heavy atom. The number of esters is 1. The molecule has 1 aromatic carbocycles. The van der Waals surface area contributed by atoms with Gasteiger partial charge < -0.3 is 43.5 Å². The standard InChI is InChI=1S/C26H36N2O12P2/c29-24(28-11-7-5-8-12-28)17-40-27-21-10-6-3-1-2-4-9-13-37-26(30)25-20(14-21)15-22(38-18-41(31,32)33)16-23(25)39-19-42(34,35)36/h2,4,6,10,15-16H,1,3,5,7-9,11-14,17-19H2,(H2,31,32,33)(H2,34,35,36)/b4-2+,10-6+,27-21+. The molecule has 0 aromatic heterocycles. The van der Waals surface area contributed by atoms with Crippen molar-refractivity contribution in [1.29, 1.82) is 0 Å². The SMILES string of the molecule is O=C1OCC/C=C/CC/C=C/C(=N\OCC(=O)N2CCCCC2)Cc2cc(OCP(=O)(O)O)cc(OCP(=O)(O)O)c21. The number of carbonyl (C=O) groups excluding carboxylic acids is 2. The van der Waals surface area contributed by atoms with Crippen molar-refractivity contribution < 1.29 is 57.3 Å². The second-order valence-electron chi connectivity index (χ2n) is 9.68. The van der Waals surface area contributed by atoms with E-state index in [2.05, 4.69) is 5.16 Å². The van der Waals surface area contributed by atoms with E-state index in [1.54, 1.807) is 11.0 Å². The average Bonchev–Trinajstić information content (AvgIpc) is 2.93. The molecule has 232 valence electrons. The van der Waals surface area contributed by atoms with Gasteiger partial charge in [0.25, 0.3) is 5.91 Å². The van der Waals surface area contributed by atoms with E-state index >= 15 is 0 Å². The lowest BCUT2D eigenvalue weighted by Crippen LogP contribution is -2.37. The molecule has 1 saturated heterocycles. The predicted octanol–water partition coefficient (Wildman–Crippen LogP) is 3.10. The van der Waals surface area contributed by atoms with Crippen molar-refractivity contribution in [1.82, 2.24) is 4.90 Å². The van der Waals surface area contributed by atoms with E-state index < -0.39 is 33.9 Å². The van der Waals surface area contributed by atoms with E-state index in [9.17, 15) is 38.3 Å². The van der Waals surface area contributed by atoms with E-state index in [0.29, 0.717) is 32.4 Å². The molecule has 2 aliphatic heterocycles. The van der Waals surface area contributed by atoms with E-state index in [4.69, 9.17) is 19.0 Å². The zero-order valence-electron chi connectivity index (χ0n) is 23.0. The van der Waals surface area contributed by atoms with Gasteiger partial charge in [-0.2, -0.15) is 0 Å². The highest BCUT2D eigenvalue weighted by atomic mass is 31.2. The molecule has 0 unspecified atom stereocenters. The first-order valence-electron chi connectivity index (χ1n) is 13.4. The summed E-state index contributed by atoms with van der Waals surface area (Å²) in [5.74, 6) is -1.53. The van der Waals surface area contributed by atoms with Crippen LogP contribution in [0.1, 0.15) is 54.4 Å². The van der Waals surface area contributed by atoms with E-state index in [0.717, 1.165) is 25.3 Å². The van der Waals surface area contributed by atoms with Gasteiger partial charge in [0.15, 0.2) is 19.3 Å². The number of ether oxygens (including phenoxy) is 3. The molecular formula is C26H36N2O12P2. The first-order valence-corrected chi connectivity index (χ1v) is 17.0. The number of benzene rings is 1. The topological polar surface area (TPSA) is 202 Å². The number of oxime groups is 1. The first-order chi connectivity index (χ1) is 19.9. The van der Waals surface area contributed by atoms with Gasteiger partial charge in [0.1, 0.15) is 17.1 Å². The molecule has 2 heterocycles. The Balaban J connectivity index is 2.00. The van der Waals surface area contributed by atoms with Crippen molar-refractivity contribution in [2.24, 2.45) is 5.16 Å². The zero-order chi connectivity index (χ0) is 30.6. The quantitative estimate of drug-likeness (QED) is 0.135. The summed E-state index contributed by atoms with van der Waals surface area (Å²) in [6, 6.07) is 2.42. The third-order valence-corrected chi connectivity index (χ3v) is 7.02. The van der Waals surface area contributed by atoms with Crippen molar-refractivity contribution in [3.8, 4) is 11.5 Å². The minimum absolute atomic E-state index is 0.0155. The molecule has 1 aromatic rings. The number of hydrogen-bond donors (Lipinski definition) is 4. The Hall–Kier alpha value is -2.99. The Kier molecular flexibility index (Phi) is 12.8. The number of piperidine rings is 1. The summed E-state index contributed by atoms with van der Waals surface area (Å²) in [5.41, 5.74) is 0.258. The van der Waals surface area contributed by atoms with Crippen molar-refractivity contribution >= 4 is 32.8 Å². The van der Waals surface area contributed by atoms with Crippen LogP contribution in [-0.4, -0.2) is 81.1 Å². The maximum absolute atomic E-state index is 13.2. The van der Waals surface area contributed by atoms with Crippen molar-refractivity contribution in [3.63, 3.8) is 0 Å². The first kappa shape index (κ1) is 33.5. The van der Waals surface area contributed by atoms with Gasteiger partial charge in [-0.3, -0.25) is 13.9 Å². The number of carbonyl (C=O) groups is 2. The minimum atomic E-state index is -4.69. The lowest BCUT2D eigenvalue weighted by Gasteiger charge is -2.26. The second-order valence-corrected chi connectivity index (χ2v) is 12.9. The van der Waals surface area contributed by atoms with Gasteiger partial charge in [-0.15, -0.1) is 0 Å². The smallest absolute Gasteiger partial charge is 0.362 e. The Morgan fingerprint density at radius 3 is 2.31 bits per heavy atom. The Bertz CT molecular complexity index is 1280. The summed E-state index contributed by atoms with van der Waals surface area (Å²) in [6.07, 6.45) is 9.77. The lowest BCUT2D eigenvalue weighted by atomic mass is 9.99. The van der Waals surface area contributed by atoms with E-state index in [1.807, 2.05) is 18.2 Å². The molecule has 0 radical (unpaired) electrons. The van der Waals surface area contributed by atoms with Crippen LogP contribution in [0.4, 0.5) is 0 Å². The zero-order valence-corrected chi connectivity index (χ0v) is 24.8. The van der Waals surface area contributed by atoms with Crippen molar-refractivity contribution in [2.45, 2.75) is 44.9 Å². The van der Waals surface area contributed by atoms with Crippen molar-refractivity contribution in [2.75, 3.05) is 39.0 Å². The molecule has 0 bridgehead atoms. The summed E-state index contributed by atoms with van der Waals surface area (Å²) < 4.78 is 38.9. The number of fused-ring (bicyclic) bond motifs is 1. The van der Waals surface area contributed by atoms with Crippen LogP contribution < -0.4 is 9.47 Å². The van der Waals surface area contributed by atoms with Crippen LogP contribution in [0.15, 0.2) is 41.6 Å². The molecule has 16 heteroatoms. The molecule has 3 rings (SSSR count). The largest absolute Gasteiger partial charge is 0.481 e. The lowest BCUT2D eigenvalue weighted by molar-refractivity contribution is -0.137.